The lowest BCUT2D eigenvalue weighted by molar-refractivity contribution is -0.131. The fourth-order valence-electron chi connectivity index (χ4n) is 2.66. The van der Waals surface area contributed by atoms with Gasteiger partial charge < -0.3 is 10.1 Å². The number of H-pyrrole nitrogens is 1. The number of rotatable bonds is 5. The average Bonchev–Trinajstić information content (AvgIpc) is 3.19. The van der Waals surface area contributed by atoms with Crippen LogP contribution in [-0.2, 0) is 9.53 Å². The van der Waals surface area contributed by atoms with Crippen molar-refractivity contribution in [2.75, 3.05) is 5.32 Å². The van der Waals surface area contributed by atoms with Crippen molar-refractivity contribution in [2.24, 2.45) is 0 Å². The number of aromatic amines is 1. The minimum absolute atomic E-state index is 0.158. The summed E-state index contributed by atoms with van der Waals surface area (Å²) >= 11 is 0. The Morgan fingerprint density at radius 3 is 2.71 bits per heavy atom. The van der Waals surface area contributed by atoms with Gasteiger partial charge in [0.05, 0.1) is 18.0 Å². The third-order valence-electron chi connectivity index (χ3n) is 3.74. The summed E-state index contributed by atoms with van der Waals surface area (Å²) < 4.78 is 6.07. The molecule has 21 heavy (non-hydrogen) atoms. The molecule has 1 aromatic heterocycles. The molecule has 0 radical (unpaired) electrons. The van der Waals surface area contributed by atoms with Gasteiger partial charge in [-0.2, -0.15) is 5.10 Å². The molecule has 0 bridgehead atoms. The first-order valence-corrected chi connectivity index (χ1v) is 7.33. The Kier molecular flexibility index (Phi) is 4.31. The first kappa shape index (κ1) is 13.8. The maximum atomic E-state index is 12.5. The number of ether oxygens (including phenoxy) is 1. The second-order valence-electron chi connectivity index (χ2n) is 5.31. The maximum absolute atomic E-state index is 12.5. The third kappa shape index (κ3) is 3.49. The molecular formula is C16H19N3O2. The van der Waals surface area contributed by atoms with Crippen LogP contribution in [-0.4, -0.2) is 22.2 Å². The van der Waals surface area contributed by atoms with Crippen LogP contribution in [0.25, 0.3) is 0 Å². The topological polar surface area (TPSA) is 67.0 Å². The first-order chi connectivity index (χ1) is 10.3. The van der Waals surface area contributed by atoms with Crippen LogP contribution >= 0.6 is 0 Å². The van der Waals surface area contributed by atoms with Gasteiger partial charge in [-0.25, -0.2) is 0 Å². The molecule has 0 aliphatic heterocycles. The summed E-state index contributed by atoms with van der Waals surface area (Å²) in [4.78, 5) is 12.5. The molecule has 1 heterocycles. The number of amides is 1. The van der Waals surface area contributed by atoms with E-state index in [0.717, 1.165) is 18.4 Å². The van der Waals surface area contributed by atoms with E-state index in [1.165, 1.54) is 12.8 Å². The van der Waals surface area contributed by atoms with Crippen molar-refractivity contribution in [3.63, 3.8) is 0 Å². The second kappa shape index (κ2) is 6.54. The Morgan fingerprint density at radius 1 is 1.29 bits per heavy atom. The summed E-state index contributed by atoms with van der Waals surface area (Å²) in [6, 6.07) is 9.63. The van der Waals surface area contributed by atoms with Crippen molar-refractivity contribution in [1.82, 2.24) is 10.2 Å². The van der Waals surface area contributed by atoms with Crippen molar-refractivity contribution in [1.29, 1.82) is 0 Å². The van der Waals surface area contributed by atoms with Gasteiger partial charge >= 0.3 is 0 Å². The lowest BCUT2D eigenvalue weighted by Gasteiger charge is -2.21. The highest BCUT2D eigenvalue weighted by Gasteiger charge is 2.27. The number of carbonyl (C=O) groups is 1. The van der Waals surface area contributed by atoms with Gasteiger partial charge in [0.2, 0.25) is 0 Å². The summed E-state index contributed by atoms with van der Waals surface area (Å²) in [5.41, 5.74) is 1.53. The van der Waals surface area contributed by atoms with Crippen LogP contribution in [0.5, 0.6) is 0 Å². The number of hydrogen-bond acceptors (Lipinski definition) is 3. The molecule has 2 aromatic rings. The van der Waals surface area contributed by atoms with Crippen molar-refractivity contribution >= 4 is 11.6 Å². The summed E-state index contributed by atoms with van der Waals surface area (Å²) in [7, 11) is 0. The van der Waals surface area contributed by atoms with Crippen LogP contribution in [0, 0.1) is 0 Å². The van der Waals surface area contributed by atoms with Crippen LogP contribution in [0.3, 0.4) is 0 Å². The Hall–Kier alpha value is -2.14. The van der Waals surface area contributed by atoms with Crippen molar-refractivity contribution < 1.29 is 9.53 Å². The van der Waals surface area contributed by atoms with Gasteiger partial charge in [0.15, 0.2) is 6.10 Å². The van der Waals surface area contributed by atoms with Crippen LogP contribution in [0.1, 0.15) is 37.4 Å². The van der Waals surface area contributed by atoms with Crippen LogP contribution in [0.15, 0.2) is 42.7 Å². The number of nitrogens with one attached hydrogen (secondary N) is 2. The quantitative estimate of drug-likeness (QED) is 0.887. The van der Waals surface area contributed by atoms with E-state index in [4.69, 9.17) is 4.74 Å². The normalized spacial score (nSPS) is 16.8. The molecular weight excluding hydrogens is 266 g/mol. The smallest absolute Gasteiger partial charge is 0.258 e. The monoisotopic (exact) mass is 285 g/mol. The predicted octanol–water partition coefficient (Wildman–Crippen LogP) is 3.05. The molecule has 5 nitrogen and oxygen atoms in total. The number of nitrogens with zero attached hydrogens (tertiary/aromatic N) is 1. The number of hydrogen-bond donors (Lipinski definition) is 2. The van der Waals surface area contributed by atoms with Gasteiger partial charge in [-0.1, -0.05) is 43.2 Å². The maximum Gasteiger partial charge on any atom is 0.258 e. The van der Waals surface area contributed by atoms with E-state index in [1.807, 2.05) is 30.3 Å². The highest BCUT2D eigenvalue weighted by atomic mass is 16.5. The van der Waals surface area contributed by atoms with E-state index in [2.05, 4.69) is 15.5 Å². The largest absolute Gasteiger partial charge is 0.360 e. The zero-order valence-electron chi connectivity index (χ0n) is 11.8. The molecule has 0 spiro atoms. The van der Waals surface area contributed by atoms with Crippen LogP contribution < -0.4 is 5.32 Å². The van der Waals surface area contributed by atoms with Crippen molar-refractivity contribution in [2.45, 2.75) is 37.9 Å². The van der Waals surface area contributed by atoms with Gasteiger partial charge in [0.25, 0.3) is 5.91 Å². The average molecular weight is 285 g/mol. The third-order valence-corrected chi connectivity index (χ3v) is 3.74. The molecule has 1 aliphatic rings. The minimum atomic E-state index is -0.579. The Labute approximate surface area is 123 Å². The molecule has 2 N–H and O–H groups in total. The van der Waals surface area contributed by atoms with Crippen molar-refractivity contribution in [3.8, 4) is 0 Å². The SMILES string of the molecule is O=C(Nc1cn[nH]c1)C(OC1CCCC1)c1ccccc1. The second-order valence-corrected chi connectivity index (χ2v) is 5.31. The van der Waals surface area contributed by atoms with Gasteiger partial charge in [0, 0.05) is 6.20 Å². The molecule has 1 fully saturated rings. The van der Waals surface area contributed by atoms with Crippen LogP contribution in [0.2, 0.25) is 0 Å². The molecule has 1 unspecified atom stereocenters. The summed E-state index contributed by atoms with van der Waals surface area (Å²) in [6.45, 7) is 0. The zero-order chi connectivity index (χ0) is 14.5. The fourth-order valence-corrected chi connectivity index (χ4v) is 2.66. The van der Waals surface area contributed by atoms with E-state index in [1.54, 1.807) is 12.4 Å². The molecule has 0 saturated heterocycles. The summed E-state index contributed by atoms with van der Waals surface area (Å²) in [6.07, 6.45) is 7.23. The number of aromatic nitrogens is 2. The fraction of sp³-hybridized carbons (Fsp3) is 0.375. The van der Waals surface area contributed by atoms with Gasteiger partial charge in [-0.15, -0.1) is 0 Å². The van der Waals surface area contributed by atoms with Gasteiger partial charge in [-0.05, 0) is 18.4 Å². The Bertz CT molecular complexity index is 562. The molecule has 1 saturated carbocycles. The Morgan fingerprint density at radius 2 is 2.05 bits per heavy atom. The molecule has 1 aromatic carbocycles. The summed E-state index contributed by atoms with van der Waals surface area (Å²) in [5.74, 6) is -0.158. The zero-order valence-corrected chi connectivity index (χ0v) is 11.8. The van der Waals surface area contributed by atoms with E-state index >= 15 is 0 Å². The van der Waals surface area contributed by atoms with E-state index in [0.29, 0.717) is 5.69 Å². The number of carbonyl (C=O) groups excluding carboxylic acids is 1. The van der Waals surface area contributed by atoms with E-state index < -0.39 is 6.10 Å². The van der Waals surface area contributed by atoms with Gasteiger partial charge in [-0.3, -0.25) is 9.89 Å². The first-order valence-electron chi connectivity index (χ1n) is 7.33. The van der Waals surface area contributed by atoms with Gasteiger partial charge in [0.1, 0.15) is 0 Å². The van der Waals surface area contributed by atoms with E-state index in [-0.39, 0.29) is 12.0 Å². The highest BCUT2D eigenvalue weighted by Crippen LogP contribution is 2.28. The lowest BCUT2D eigenvalue weighted by atomic mass is 10.1. The van der Waals surface area contributed by atoms with Crippen LogP contribution in [0.4, 0.5) is 5.69 Å². The molecule has 5 heteroatoms. The molecule has 1 amide bonds. The number of anilines is 1. The van der Waals surface area contributed by atoms with E-state index in [9.17, 15) is 4.79 Å². The standard InChI is InChI=1S/C16H19N3O2/c20-16(19-13-10-17-18-11-13)15(12-6-2-1-3-7-12)21-14-8-4-5-9-14/h1-3,6-7,10-11,14-15H,4-5,8-9H2,(H,17,18)(H,19,20). The predicted molar refractivity (Wildman–Crippen MR) is 79.7 cm³/mol. The van der Waals surface area contributed by atoms with Crippen molar-refractivity contribution in [3.05, 3.63) is 48.3 Å². The summed E-state index contributed by atoms with van der Waals surface area (Å²) in [5, 5.41) is 9.35. The molecule has 3 rings (SSSR count). The lowest BCUT2D eigenvalue weighted by Crippen LogP contribution is -2.26. The Balaban J connectivity index is 1.75. The molecule has 110 valence electrons. The number of benzene rings is 1. The minimum Gasteiger partial charge on any atom is -0.360 e. The highest BCUT2D eigenvalue weighted by molar-refractivity contribution is 5.94. The molecule has 1 aliphatic carbocycles. The molecule has 1 atom stereocenters.